The zero-order valence-electron chi connectivity index (χ0n) is 19.6. The van der Waals surface area contributed by atoms with E-state index < -0.39 is 0 Å². The van der Waals surface area contributed by atoms with E-state index in [9.17, 15) is 17.6 Å². The lowest BCUT2D eigenvalue weighted by atomic mass is 10.1. The Morgan fingerprint density at radius 3 is 0.921 bits per heavy atom. The molecule has 0 saturated heterocycles. The maximum Gasteiger partial charge on any atom is 0.174 e. The molecule has 4 aromatic carbocycles. The summed E-state index contributed by atoms with van der Waals surface area (Å²) in [5.41, 5.74) is 4.88. The fourth-order valence-electron chi connectivity index (χ4n) is 4.25. The van der Waals surface area contributed by atoms with E-state index >= 15 is 0 Å². The predicted molar refractivity (Wildman–Crippen MR) is 138 cm³/mol. The number of aromatic amines is 2. The molecule has 0 fully saturated rings. The van der Waals surface area contributed by atoms with E-state index in [-0.39, 0.29) is 23.3 Å². The van der Waals surface area contributed by atoms with Gasteiger partial charge in [-0.15, -0.1) is 0 Å². The van der Waals surface area contributed by atoms with Crippen molar-refractivity contribution in [2.24, 2.45) is 0 Å². The summed E-state index contributed by atoms with van der Waals surface area (Å²) in [4.78, 5) is 16.1. The van der Waals surface area contributed by atoms with Crippen molar-refractivity contribution in [3.8, 4) is 56.7 Å². The quantitative estimate of drug-likeness (QED) is 0.231. The number of hydrogen-bond acceptors (Lipinski definition) is 2. The summed E-state index contributed by atoms with van der Waals surface area (Å²) >= 11 is 0. The van der Waals surface area contributed by atoms with Crippen LogP contribution in [0, 0.1) is 23.3 Å². The highest BCUT2D eigenvalue weighted by atomic mass is 19.1. The molecule has 0 amide bonds. The zero-order valence-corrected chi connectivity index (χ0v) is 19.6. The number of hydrogen-bond donors (Lipinski definition) is 2. The van der Waals surface area contributed by atoms with Crippen LogP contribution in [0.3, 0.4) is 0 Å². The largest absolute Gasteiger partial charge is 0.335 e. The van der Waals surface area contributed by atoms with E-state index in [0.717, 1.165) is 0 Å². The molecule has 38 heavy (non-hydrogen) atoms. The summed E-state index contributed by atoms with van der Waals surface area (Å²) < 4.78 is 54.5. The second-order valence-corrected chi connectivity index (χ2v) is 8.65. The summed E-state index contributed by atoms with van der Waals surface area (Å²) in [5, 5.41) is 0. The van der Waals surface area contributed by atoms with Gasteiger partial charge in [-0.05, 0) is 97.1 Å². The third-order valence-corrected chi connectivity index (χ3v) is 6.13. The molecule has 4 nitrogen and oxygen atoms in total. The Labute approximate surface area is 214 Å². The van der Waals surface area contributed by atoms with Crippen LogP contribution in [-0.4, -0.2) is 19.9 Å². The lowest BCUT2D eigenvalue weighted by Crippen LogP contribution is -1.85. The molecule has 0 aliphatic rings. The maximum atomic E-state index is 13.6. The standard InChI is InChI=1S/C30H18F4N4/c31-21-9-1-17(2-10-21)25-26(18-3-11-22(32)12-4-18)36-29(35-25)30-37-27(19-5-13-23(33)14-6-19)28(38-30)20-7-15-24(34)16-8-20/h1-16H,(H,35,36)(H,37,38). The average Bonchev–Trinajstić information content (AvgIpc) is 3.56. The number of imidazole rings is 2. The highest BCUT2D eigenvalue weighted by molar-refractivity contribution is 5.83. The van der Waals surface area contributed by atoms with Crippen LogP contribution in [0.5, 0.6) is 0 Å². The van der Waals surface area contributed by atoms with Crippen LogP contribution in [-0.2, 0) is 0 Å². The predicted octanol–water partition coefficient (Wildman–Crippen LogP) is 8.02. The number of H-pyrrole nitrogens is 2. The molecule has 2 heterocycles. The van der Waals surface area contributed by atoms with Crippen molar-refractivity contribution in [2.45, 2.75) is 0 Å². The number of halogens is 4. The third-order valence-electron chi connectivity index (χ3n) is 6.13. The van der Waals surface area contributed by atoms with E-state index in [1.54, 1.807) is 48.5 Å². The third kappa shape index (κ3) is 4.48. The van der Waals surface area contributed by atoms with Crippen molar-refractivity contribution < 1.29 is 17.6 Å². The second-order valence-electron chi connectivity index (χ2n) is 8.65. The number of rotatable bonds is 5. The van der Waals surface area contributed by atoms with E-state index in [2.05, 4.69) is 9.97 Å². The Balaban J connectivity index is 1.53. The molecule has 0 aliphatic heterocycles. The molecule has 2 aromatic heterocycles. The molecule has 0 atom stereocenters. The summed E-state index contributed by atoms with van der Waals surface area (Å²) in [6.45, 7) is 0. The molecule has 8 heteroatoms. The van der Waals surface area contributed by atoms with Crippen molar-refractivity contribution in [1.29, 1.82) is 0 Å². The topological polar surface area (TPSA) is 57.4 Å². The minimum Gasteiger partial charge on any atom is -0.335 e. The second kappa shape index (κ2) is 9.48. The molecule has 0 spiro atoms. The van der Waals surface area contributed by atoms with Crippen molar-refractivity contribution >= 4 is 0 Å². The van der Waals surface area contributed by atoms with Crippen molar-refractivity contribution in [1.82, 2.24) is 19.9 Å². The molecule has 0 radical (unpaired) electrons. The Morgan fingerprint density at radius 2 is 0.632 bits per heavy atom. The van der Waals surface area contributed by atoms with Crippen molar-refractivity contribution in [2.75, 3.05) is 0 Å². The van der Waals surface area contributed by atoms with Gasteiger partial charge in [-0.1, -0.05) is 0 Å². The Bertz CT molecular complexity index is 1460. The zero-order chi connectivity index (χ0) is 26.2. The normalized spacial score (nSPS) is 11.2. The lowest BCUT2D eigenvalue weighted by Gasteiger charge is -2.03. The molecule has 6 aromatic rings. The van der Waals surface area contributed by atoms with Gasteiger partial charge in [-0.25, -0.2) is 27.5 Å². The van der Waals surface area contributed by atoms with Crippen LogP contribution in [0.1, 0.15) is 0 Å². The van der Waals surface area contributed by atoms with E-state index in [4.69, 9.17) is 9.97 Å². The van der Waals surface area contributed by atoms with Gasteiger partial charge in [0.1, 0.15) is 23.3 Å². The van der Waals surface area contributed by atoms with Crippen molar-refractivity contribution in [3.05, 3.63) is 120 Å². The van der Waals surface area contributed by atoms with E-state index in [1.165, 1.54) is 48.5 Å². The van der Waals surface area contributed by atoms with Crippen LogP contribution in [0.15, 0.2) is 97.1 Å². The number of aromatic nitrogens is 4. The maximum absolute atomic E-state index is 13.6. The average molecular weight is 510 g/mol. The lowest BCUT2D eigenvalue weighted by molar-refractivity contribution is 0.627. The first-order valence-corrected chi connectivity index (χ1v) is 11.7. The van der Waals surface area contributed by atoms with Crippen LogP contribution < -0.4 is 0 Å². The molecular weight excluding hydrogens is 492 g/mol. The van der Waals surface area contributed by atoms with Gasteiger partial charge in [0, 0.05) is 22.3 Å². The van der Waals surface area contributed by atoms with Crippen LogP contribution >= 0.6 is 0 Å². The van der Waals surface area contributed by atoms with Gasteiger partial charge in [-0.2, -0.15) is 0 Å². The first-order chi connectivity index (χ1) is 18.4. The van der Waals surface area contributed by atoms with E-state index in [1.807, 2.05) is 0 Å². The van der Waals surface area contributed by atoms with Gasteiger partial charge in [0.15, 0.2) is 11.6 Å². The summed E-state index contributed by atoms with van der Waals surface area (Å²) in [7, 11) is 0. The monoisotopic (exact) mass is 510 g/mol. The minimum absolute atomic E-state index is 0.375. The number of nitrogens with one attached hydrogen (secondary N) is 2. The molecule has 186 valence electrons. The summed E-state index contributed by atoms with van der Waals surface area (Å²) in [6, 6.07) is 23.6. The Kier molecular flexibility index (Phi) is 5.84. The molecule has 0 saturated carbocycles. The molecule has 0 unspecified atom stereocenters. The minimum atomic E-state index is -0.383. The number of nitrogens with zero attached hydrogens (tertiary/aromatic N) is 2. The van der Waals surface area contributed by atoms with Crippen LogP contribution in [0.25, 0.3) is 56.7 Å². The summed E-state index contributed by atoms with van der Waals surface area (Å²) in [6.07, 6.45) is 0. The van der Waals surface area contributed by atoms with Crippen LogP contribution in [0.4, 0.5) is 17.6 Å². The number of benzene rings is 4. The van der Waals surface area contributed by atoms with E-state index in [0.29, 0.717) is 56.7 Å². The Hall–Kier alpha value is -4.98. The van der Waals surface area contributed by atoms with Gasteiger partial charge in [-0.3, -0.25) is 0 Å². The first-order valence-electron chi connectivity index (χ1n) is 11.7. The SMILES string of the molecule is Fc1ccc(-c2nc(-c3nc(-c4ccc(F)cc4)c(-c4ccc(F)cc4)[nH]3)[nH]c2-c2ccc(F)cc2)cc1. The van der Waals surface area contributed by atoms with Gasteiger partial charge in [0.2, 0.25) is 0 Å². The molecule has 6 rings (SSSR count). The fourth-order valence-corrected chi connectivity index (χ4v) is 4.25. The van der Waals surface area contributed by atoms with Gasteiger partial charge in [0.05, 0.1) is 22.8 Å². The molecule has 0 bridgehead atoms. The molecule has 2 N–H and O–H groups in total. The van der Waals surface area contributed by atoms with Crippen molar-refractivity contribution in [3.63, 3.8) is 0 Å². The Morgan fingerprint density at radius 1 is 0.368 bits per heavy atom. The van der Waals surface area contributed by atoms with Crippen LogP contribution in [0.2, 0.25) is 0 Å². The highest BCUT2D eigenvalue weighted by Crippen LogP contribution is 2.36. The molecule has 0 aliphatic carbocycles. The smallest absolute Gasteiger partial charge is 0.174 e. The molecular formula is C30H18F4N4. The first kappa shape index (κ1) is 23.4. The fraction of sp³-hybridized carbons (Fsp3) is 0. The van der Waals surface area contributed by atoms with Gasteiger partial charge < -0.3 is 9.97 Å². The van der Waals surface area contributed by atoms with Gasteiger partial charge in [0.25, 0.3) is 0 Å². The summed E-state index contributed by atoms with van der Waals surface area (Å²) in [5.74, 6) is -0.772. The van der Waals surface area contributed by atoms with Gasteiger partial charge >= 0.3 is 0 Å². The highest BCUT2D eigenvalue weighted by Gasteiger charge is 2.21.